The molecule has 0 aliphatic carbocycles. The summed E-state index contributed by atoms with van der Waals surface area (Å²) < 4.78 is 18.5. The molecule has 3 aromatic rings. The topological polar surface area (TPSA) is 87.9 Å². The smallest absolute Gasteiger partial charge is 0.252 e. The van der Waals surface area contributed by atoms with E-state index < -0.39 is 0 Å². The van der Waals surface area contributed by atoms with Crippen LogP contribution in [0.5, 0.6) is 0 Å². The third kappa shape index (κ3) is 3.28. The van der Waals surface area contributed by atoms with Gasteiger partial charge in [0.15, 0.2) is 0 Å². The second-order valence-electron chi connectivity index (χ2n) is 6.02. The number of hydrogen-bond acceptors (Lipinski definition) is 6. The van der Waals surface area contributed by atoms with Crippen LogP contribution in [0.2, 0.25) is 0 Å². The van der Waals surface area contributed by atoms with E-state index in [0.29, 0.717) is 29.6 Å². The average molecular weight is 341 g/mol. The normalized spacial score (nSPS) is 17.6. The SMILES string of the molecule is O=c1cc(N2CCCC(c3nc(-c4ccc(F)cc4)no3)C2)nc[nH]1. The minimum absolute atomic E-state index is 0.0662. The predicted octanol–water partition coefficient (Wildman–Crippen LogP) is 2.34. The molecule has 1 aliphatic rings. The second-order valence-corrected chi connectivity index (χ2v) is 6.02. The van der Waals surface area contributed by atoms with Gasteiger partial charge in [-0.25, -0.2) is 9.37 Å². The van der Waals surface area contributed by atoms with E-state index in [2.05, 4.69) is 20.1 Å². The van der Waals surface area contributed by atoms with Crippen molar-refractivity contribution in [3.63, 3.8) is 0 Å². The number of anilines is 1. The van der Waals surface area contributed by atoms with Crippen LogP contribution in [0.1, 0.15) is 24.7 Å². The number of nitrogens with one attached hydrogen (secondary N) is 1. The van der Waals surface area contributed by atoms with Gasteiger partial charge in [-0.05, 0) is 37.1 Å². The molecule has 8 heteroatoms. The third-order valence-corrected chi connectivity index (χ3v) is 4.30. The minimum Gasteiger partial charge on any atom is -0.356 e. The molecule has 1 aromatic carbocycles. The molecule has 1 atom stereocenters. The fraction of sp³-hybridized carbons (Fsp3) is 0.294. The summed E-state index contributed by atoms with van der Waals surface area (Å²) in [6, 6.07) is 7.47. The van der Waals surface area contributed by atoms with Crippen molar-refractivity contribution in [3.8, 4) is 11.4 Å². The van der Waals surface area contributed by atoms with Gasteiger partial charge in [-0.2, -0.15) is 4.98 Å². The summed E-state index contributed by atoms with van der Waals surface area (Å²) in [5.41, 5.74) is 0.531. The van der Waals surface area contributed by atoms with E-state index in [1.165, 1.54) is 24.5 Å². The van der Waals surface area contributed by atoms with Crippen molar-refractivity contribution in [1.82, 2.24) is 20.1 Å². The summed E-state index contributed by atoms with van der Waals surface area (Å²) in [6.07, 6.45) is 3.26. The molecule has 4 rings (SSSR count). The lowest BCUT2D eigenvalue weighted by Gasteiger charge is -2.31. The summed E-state index contributed by atoms with van der Waals surface area (Å²) >= 11 is 0. The summed E-state index contributed by atoms with van der Waals surface area (Å²) in [6.45, 7) is 1.48. The number of rotatable bonds is 3. The van der Waals surface area contributed by atoms with Gasteiger partial charge in [-0.1, -0.05) is 5.16 Å². The van der Waals surface area contributed by atoms with Gasteiger partial charge in [0.05, 0.1) is 12.2 Å². The van der Waals surface area contributed by atoms with Crippen LogP contribution in [0, 0.1) is 5.82 Å². The molecule has 0 radical (unpaired) electrons. The Kier molecular flexibility index (Phi) is 4.01. The van der Waals surface area contributed by atoms with Gasteiger partial charge in [-0.15, -0.1) is 0 Å². The molecule has 1 aliphatic heterocycles. The molecule has 0 bridgehead atoms. The van der Waals surface area contributed by atoms with Gasteiger partial charge in [0, 0.05) is 24.7 Å². The van der Waals surface area contributed by atoms with E-state index in [0.717, 1.165) is 19.4 Å². The average Bonchev–Trinajstić information content (AvgIpc) is 3.13. The maximum Gasteiger partial charge on any atom is 0.252 e. The monoisotopic (exact) mass is 341 g/mol. The Morgan fingerprint density at radius 1 is 1.28 bits per heavy atom. The summed E-state index contributed by atoms with van der Waals surface area (Å²) in [4.78, 5) is 24.7. The number of aromatic amines is 1. The number of benzene rings is 1. The number of hydrogen-bond donors (Lipinski definition) is 1. The van der Waals surface area contributed by atoms with E-state index in [9.17, 15) is 9.18 Å². The van der Waals surface area contributed by atoms with Crippen LogP contribution < -0.4 is 10.5 Å². The van der Waals surface area contributed by atoms with Gasteiger partial charge in [0.1, 0.15) is 11.6 Å². The van der Waals surface area contributed by atoms with Crippen LogP contribution in [0.4, 0.5) is 10.2 Å². The van der Waals surface area contributed by atoms with Crippen LogP contribution >= 0.6 is 0 Å². The molecule has 25 heavy (non-hydrogen) atoms. The number of nitrogens with zero attached hydrogens (tertiary/aromatic N) is 4. The fourth-order valence-electron chi connectivity index (χ4n) is 3.04. The lowest BCUT2D eigenvalue weighted by Crippen LogP contribution is -2.35. The van der Waals surface area contributed by atoms with Crippen molar-refractivity contribution in [3.05, 3.63) is 58.7 Å². The van der Waals surface area contributed by atoms with Crippen LogP contribution in [-0.2, 0) is 0 Å². The Hall–Kier alpha value is -3.03. The van der Waals surface area contributed by atoms with Crippen molar-refractivity contribution >= 4 is 5.82 Å². The first-order valence-corrected chi connectivity index (χ1v) is 8.08. The van der Waals surface area contributed by atoms with E-state index in [1.807, 2.05) is 4.90 Å². The first-order chi connectivity index (χ1) is 12.2. The number of halogens is 1. The summed E-state index contributed by atoms with van der Waals surface area (Å²) in [5, 5.41) is 4.01. The second kappa shape index (κ2) is 6.46. The zero-order valence-corrected chi connectivity index (χ0v) is 13.4. The highest BCUT2D eigenvalue weighted by atomic mass is 19.1. The van der Waals surface area contributed by atoms with Crippen LogP contribution in [-0.4, -0.2) is 33.2 Å². The van der Waals surface area contributed by atoms with Gasteiger partial charge >= 0.3 is 0 Å². The highest BCUT2D eigenvalue weighted by molar-refractivity contribution is 5.53. The van der Waals surface area contributed by atoms with E-state index in [1.54, 1.807) is 12.1 Å². The van der Waals surface area contributed by atoms with Crippen molar-refractivity contribution in [2.75, 3.05) is 18.0 Å². The van der Waals surface area contributed by atoms with Crippen LogP contribution in [0.3, 0.4) is 0 Å². The molecular weight excluding hydrogens is 325 g/mol. The van der Waals surface area contributed by atoms with Gasteiger partial charge in [0.2, 0.25) is 11.7 Å². The van der Waals surface area contributed by atoms with E-state index in [4.69, 9.17) is 4.52 Å². The van der Waals surface area contributed by atoms with Crippen molar-refractivity contribution in [2.24, 2.45) is 0 Å². The lowest BCUT2D eigenvalue weighted by atomic mass is 9.98. The third-order valence-electron chi connectivity index (χ3n) is 4.30. The predicted molar refractivity (Wildman–Crippen MR) is 88.7 cm³/mol. The Bertz CT molecular complexity index is 921. The van der Waals surface area contributed by atoms with Gasteiger partial charge in [-0.3, -0.25) is 4.79 Å². The van der Waals surface area contributed by atoms with E-state index in [-0.39, 0.29) is 17.3 Å². The van der Waals surface area contributed by atoms with Crippen molar-refractivity contribution in [1.29, 1.82) is 0 Å². The zero-order chi connectivity index (χ0) is 17.2. The standard InChI is InChI=1S/C17H16FN5O2/c18-13-5-3-11(4-6-13)16-21-17(25-22-16)12-2-1-7-23(9-12)14-8-15(24)20-10-19-14/h3-6,8,10,12H,1-2,7,9H2,(H,19,20,24). The maximum atomic E-state index is 13.0. The van der Waals surface area contributed by atoms with Gasteiger partial charge < -0.3 is 14.4 Å². The number of H-pyrrole nitrogens is 1. The molecular formula is C17H16FN5O2. The Balaban J connectivity index is 1.54. The number of piperidine rings is 1. The molecule has 1 unspecified atom stereocenters. The highest BCUT2D eigenvalue weighted by Crippen LogP contribution is 2.29. The molecule has 7 nitrogen and oxygen atoms in total. The summed E-state index contributed by atoms with van der Waals surface area (Å²) in [7, 11) is 0. The first kappa shape index (κ1) is 15.5. The van der Waals surface area contributed by atoms with Crippen LogP contribution in [0.15, 0.2) is 46.0 Å². The van der Waals surface area contributed by atoms with Crippen molar-refractivity contribution < 1.29 is 8.91 Å². The molecule has 128 valence electrons. The zero-order valence-electron chi connectivity index (χ0n) is 13.4. The Morgan fingerprint density at radius 2 is 2.12 bits per heavy atom. The molecule has 2 aromatic heterocycles. The largest absolute Gasteiger partial charge is 0.356 e. The Morgan fingerprint density at radius 3 is 2.92 bits per heavy atom. The van der Waals surface area contributed by atoms with Crippen molar-refractivity contribution in [2.45, 2.75) is 18.8 Å². The highest BCUT2D eigenvalue weighted by Gasteiger charge is 2.27. The molecule has 3 heterocycles. The Labute approximate surface area is 142 Å². The van der Waals surface area contributed by atoms with Gasteiger partial charge in [0.25, 0.3) is 5.56 Å². The molecule has 1 fully saturated rings. The molecule has 0 spiro atoms. The molecule has 0 saturated carbocycles. The first-order valence-electron chi connectivity index (χ1n) is 8.08. The lowest BCUT2D eigenvalue weighted by molar-refractivity contribution is 0.333. The quantitative estimate of drug-likeness (QED) is 0.787. The minimum atomic E-state index is -0.305. The maximum absolute atomic E-state index is 13.0. The fourth-order valence-corrected chi connectivity index (χ4v) is 3.04. The van der Waals surface area contributed by atoms with Crippen LogP contribution in [0.25, 0.3) is 11.4 Å². The molecule has 0 amide bonds. The molecule has 1 saturated heterocycles. The van der Waals surface area contributed by atoms with E-state index >= 15 is 0 Å². The number of aromatic nitrogens is 4. The molecule has 1 N–H and O–H groups in total. The summed E-state index contributed by atoms with van der Waals surface area (Å²) in [5.74, 6) is 1.40.